The predicted octanol–water partition coefficient (Wildman–Crippen LogP) is 5.04. The number of halogens is 2. The Morgan fingerprint density at radius 1 is 1.20 bits per heavy atom. The minimum Gasteiger partial charge on any atom is -0.242 e. The summed E-state index contributed by atoms with van der Waals surface area (Å²) in [6.07, 6.45) is 4.99. The van der Waals surface area contributed by atoms with E-state index in [1.54, 1.807) is 0 Å². The van der Waals surface area contributed by atoms with E-state index < -0.39 is 6.17 Å². The van der Waals surface area contributed by atoms with Crippen LogP contribution in [0.5, 0.6) is 0 Å². The minimum atomic E-state index is -0.775. The van der Waals surface area contributed by atoms with Gasteiger partial charge in [-0.25, -0.2) is 4.39 Å². The second-order valence-electron chi connectivity index (χ2n) is 4.35. The number of alkyl halides is 1. The van der Waals surface area contributed by atoms with Crippen molar-refractivity contribution in [3.8, 4) is 0 Å². The normalized spacial score (nSPS) is 20.1. The SMILES string of the molecule is FC(c1cccc(Br)c1)C1CCCCC1. The van der Waals surface area contributed by atoms with E-state index in [4.69, 9.17) is 0 Å². The Bertz CT molecular complexity index is 318. The Kier molecular flexibility index (Phi) is 3.79. The first kappa shape index (κ1) is 11.1. The van der Waals surface area contributed by atoms with E-state index in [0.29, 0.717) is 0 Å². The van der Waals surface area contributed by atoms with Gasteiger partial charge in [-0.15, -0.1) is 0 Å². The van der Waals surface area contributed by atoms with E-state index in [2.05, 4.69) is 15.9 Å². The van der Waals surface area contributed by atoms with Crippen molar-refractivity contribution in [2.24, 2.45) is 5.92 Å². The molecular weight excluding hydrogens is 255 g/mol. The Morgan fingerprint density at radius 2 is 1.93 bits per heavy atom. The molecule has 82 valence electrons. The molecule has 0 aliphatic heterocycles. The summed E-state index contributed by atoms with van der Waals surface area (Å²) in [5, 5.41) is 0. The van der Waals surface area contributed by atoms with Gasteiger partial charge in [-0.3, -0.25) is 0 Å². The Hall–Kier alpha value is -0.370. The standard InChI is InChI=1S/C13H16BrF/c14-12-8-4-7-11(9-12)13(15)10-5-2-1-3-6-10/h4,7-10,13H,1-3,5-6H2. The molecule has 1 aromatic carbocycles. The molecule has 1 unspecified atom stereocenters. The van der Waals surface area contributed by atoms with Crippen molar-refractivity contribution in [2.45, 2.75) is 38.3 Å². The van der Waals surface area contributed by atoms with Crippen LogP contribution in [0.1, 0.15) is 43.8 Å². The molecule has 0 aromatic heterocycles. The van der Waals surface area contributed by atoms with E-state index in [0.717, 1.165) is 22.9 Å². The van der Waals surface area contributed by atoms with Crippen LogP contribution >= 0.6 is 15.9 Å². The molecule has 0 spiro atoms. The van der Waals surface area contributed by atoms with Crippen molar-refractivity contribution in [1.29, 1.82) is 0 Å². The Labute approximate surface area is 99.0 Å². The number of rotatable bonds is 2. The molecule has 0 amide bonds. The van der Waals surface area contributed by atoms with Gasteiger partial charge in [0.15, 0.2) is 0 Å². The van der Waals surface area contributed by atoms with Gasteiger partial charge in [0, 0.05) is 4.47 Å². The van der Waals surface area contributed by atoms with Gasteiger partial charge in [0.2, 0.25) is 0 Å². The van der Waals surface area contributed by atoms with Crippen LogP contribution in [0.25, 0.3) is 0 Å². The lowest BCUT2D eigenvalue weighted by Crippen LogP contribution is -2.12. The molecule has 0 N–H and O–H groups in total. The van der Waals surface area contributed by atoms with Crippen LogP contribution < -0.4 is 0 Å². The molecule has 2 heteroatoms. The molecule has 2 rings (SSSR count). The Balaban J connectivity index is 2.08. The second-order valence-corrected chi connectivity index (χ2v) is 5.27. The molecule has 1 aromatic rings. The quantitative estimate of drug-likeness (QED) is 0.706. The van der Waals surface area contributed by atoms with Crippen LogP contribution in [0.2, 0.25) is 0 Å². The molecular formula is C13H16BrF. The number of benzene rings is 1. The first-order valence-corrected chi connectivity index (χ1v) is 6.46. The summed E-state index contributed by atoms with van der Waals surface area (Å²) in [5.41, 5.74) is 0.830. The summed E-state index contributed by atoms with van der Waals surface area (Å²) < 4.78 is 15.2. The third kappa shape index (κ3) is 2.81. The zero-order chi connectivity index (χ0) is 10.7. The third-order valence-electron chi connectivity index (χ3n) is 3.23. The van der Waals surface area contributed by atoms with Gasteiger partial charge in [0.05, 0.1) is 0 Å². The first-order chi connectivity index (χ1) is 7.27. The van der Waals surface area contributed by atoms with Crippen LogP contribution in [0, 0.1) is 5.92 Å². The van der Waals surface area contributed by atoms with Crippen molar-refractivity contribution in [3.05, 3.63) is 34.3 Å². The van der Waals surface area contributed by atoms with Crippen LogP contribution in [0.4, 0.5) is 4.39 Å². The number of hydrogen-bond acceptors (Lipinski definition) is 0. The zero-order valence-electron chi connectivity index (χ0n) is 8.76. The van der Waals surface area contributed by atoms with Crippen molar-refractivity contribution >= 4 is 15.9 Å². The molecule has 0 bridgehead atoms. The average Bonchev–Trinajstić information content (AvgIpc) is 2.29. The minimum absolute atomic E-state index is 0.244. The van der Waals surface area contributed by atoms with Gasteiger partial charge in [0.25, 0.3) is 0 Å². The average molecular weight is 271 g/mol. The van der Waals surface area contributed by atoms with E-state index in [9.17, 15) is 4.39 Å². The monoisotopic (exact) mass is 270 g/mol. The molecule has 0 radical (unpaired) electrons. The lowest BCUT2D eigenvalue weighted by Gasteiger charge is -2.25. The first-order valence-electron chi connectivity index (χ1n) is 5.67. The van der Waals surface area contributed by atoms with Crippen molar-refractivity contribution < 1.29 is 4.39 Å². The molecule has 1 atom stereocenters. The van der Waals surface area contributed by atoms with E-state index in [-0.39, 0.29) is 5.92 Å². The lowest BCUT2D eigenvalue weighted by atomic mass is 9.83. The summed E-state index contributed by atoms with van der Waals surface area (Å²) >= 11 is 3.39. The fourth-order valence-corrected chi connectivity index (χ4v) is 2.79. The molecule has 1 aliphatic rings. The fraction of sp³-hybridized carbons (Fsp3) is 0.538. The van der Waals surface area contributed by atoms with Gasteiger partial charge < -0.3 is 0 Å². The van der Waals surface area contributed by atoms with Gasteiger partial charge in [-0.1, -0.05) is 47.3 Å². The van der Waals surface area contributed by atoms with E-state index >= 15 is 0 Å². The van der Waals surface area contributed by atoms with Crippen LogP contribution in [0.3, 0.4) is 0 Å². The summed E-state index contributed by atoms with van der Waals surface area (Å²) in [6.45, 7) is 0. The smallest absolute Gasteiger partial charge is 0.128 e. The van der Waals surface area contributed by atoms with Gasteiger partial charge >= 0.3 is 0 Å². The highest BCUT2D eigenvalue weighted by Crippen LogP contribution is 2.37. The largest absolute Gasteiger partial charge is 0.242 e. The van der Waals surface area contributed by atoms with Crippen molar-refractivity contribution in [2.75, 3.05) is 0 Å². The molecule has 1 aliphatic carbocycles. The molecule has 1 fully saturated rings. The maximum Gasteiger partial charge on any atom is 0.128 e. The summed E-state index contributed by atoms with van der Waals surface area (Å²) in [6, 6.07) is 7.65. The van der Waals surface area contributed by atoms with E-state index in [1.807, 2.05) is 24.3 Å². The highest BCUT2D eigenvalue weighted by atomic mass is 79.9. The van der Waals surface area contributed by atoms with Crippen LogP contribution in [-0.4, -0.2) is 0 Å². The zero-order valence-corrected chi connectivity index (χ0v) is 10.3. The topological polar surface area (TPSA) is 0 Å². The second kappa shape index (κ2) is 5.11. The number of hydrogen-bond donors (Lipinski definition) is 0. The van der Waals surface area contributed by atoms with Crippen molar-refractivity contribution in [1.82, 2.24) is 0 Å². The van der Waals surface area contributed by atoms with E-state index in [1.165, 1.54) is 19.3 Å². The maximum atomic E-state index is 14.2. The van der Waals surface area contributed by atoms with Crippen LogP contribution in [0.15, 0.2) is 28.7 Å². The predicted molar refractivity (Wildman–Crippen MR) is 64.6 cm³/mol. The molecule has 0 heterocycles. The summed E-state index contributed by atoms with van der Waals surface area (Å²) in [4.78, 5) is 0. The summed E-state index contributed by atoms with van der Waals surface area (Å²) in [7, 11) is 0. The molecule has 1 saturated carbocycles. The van der Waals surface area contributed by atoms with Crippen LogP contribution in [-0.2, 0) is 0 Å². The van der Waals surface area contributed by atoms with Gasteiger partial charge in [0.1, 0.15) is 6.17 Å². The molecule has 0 saturated heterocycles. The lowest BCUT2D eigenvalue weighted by molar-refractivity contribution is 0.183. The maximum absolute atomic E-state index is 14.2. The van der Waals surface area contributed by atoms with Crippen molar-refractivity contribution in [3.63, 3.8) is 0 Å². The Morgan fingerprint density at radius 3 is 2.60 bits per heavy atom. The third-order valence-corrected chi connectivity index (χ3v) is 3.72. The van der Waals surface area contributed by atoms with Gasteiger partial charge in [-0.2, -0.15) is 0 Å². The molecule has 0 nitrogen and oxygen atoms in total. The molecule has 15 heavy (non-hydrogen) atoms. The van der Waals surface area contributed by atoms with Gasteiger partial charge in [-0.05, 0) is 36.5 Å². The highest BCUT2D eigenvalue weighted by molar-refractivity contribution is 9.10. The summed E-state index contributed by atoms with van der Waals surface area (Å²) in [5.74, 6) is 0.244. The highest BCUT2D eigenvalue weighted by Gasteiger charge is 2.24. The fourth-order valence-electron chi connectivity index (χ4n) is 2.38.